The van der Waals surface area contributed by atoms with Crippen molar-refractivity contribution in [3.05, 3.63) is 85.1 Å². The quantitative estimate of drug-likeness (QED) is 0.0211. The Morgan fingerprint density at radius 3 is 1.05 bits per heavy atom. The Balaban J connectivity index is 3.93. The van der Waals surface area contributed by atoms with Gasteiger partial charge in [-0.3, -0.25) is 18.6 Å². The van der Waals surface area contributed by atoms with Crippen LogP contribution in [0.1, 0.15) is 309 Å². The first-order valence-corrected chi connectivity index (χ1v) is 35.8. The number of hydrogen-bond acceptors (Lipinski definition) is 7. The maximum absolute atomic E-state index is 12.9. The Bertz CT molecular complexity index is 1660. The lowest BCUT2D eigenvalue weighted by atomic mass is 10.0. The molecule has 0 radical (unpaired) electrons. The average molecular weight is 1170 g/mol. The fourth-order valence-corrected chi connectivity index (χ4v) is 10.4. The van der Waals surface area contributed by atoms with E-state index in [0.29, 0.717) is 17.4 Å². The van der Waals surface area contributed by atoms with Gasteiger partial charge >= 0.3 is 19.8 Å². The highest BCUT2D eigenvalue weighted by Gasteiger charge is 2.27. The fourth-order valence-electron chi connectivity index (χ4n) is 9.66. The molecule has 0 aromatic carbocycles. The molecule has 0 aliphatic carbocycles. The third-order valence-corrected chi connectivity index (χ3v) is 15.9. The Labute approximate surface area is 507 Å². The van der Waals surface area contributed by atoms with Gasteiger partial charge in [0.05, 0.1) is 27.7 Å². The fraction of sp³-hybridized carbons (Fsp3) is 0.778. The number of carbonyl (C=O) groups excluding carboxylic acids is 2. The van der Waals surface area contributed by atoms with E-state index in [1.165, 1.54) is 205 Å². The molecule has 82 heavy (non-hydrogen) atoms. The summed E-state index contributed by atoms with van der Waals surface area (Å²) in [6.07, 6.45) is 85.5. The molecule has 0 fully saturated rings. The molecule has 0 saturated carbocycles. The van der Waals surface area contributed by atoms with Gasteiger partial charge in [0.15, 0.2) is 6.10 Å². The predicted molar refractivity (Wildman–Crippen MR) is 353 cm³/mol. The molecule has 0 saturated heterocycles. The van der Waals surface area contributed by atoms with E-state index in [4.69, 9.17) is 18.5 Å². The summed E-state index contributed by atoms with van der Waals surface area (Å²) in [6, 6.07) is 0. The van der Waals surface area contributed by atoms with Crippen LogP contribution < -0.4 is 0 Å². The molecule has 0 amide bonds. The summed E-state index contributed by atoms with van der Waals surface area (Å²) >= 11 is 0. The predicted octanol–water partition coefficient (Wildman–Crippen LogP) is 22.2. The smallest absolute Gasteiger partial charge is 0.462 e. The average Bonchev–Trinajstić information content (AvgIpc) is 3.45. The number of likely N-dealkylation sites (N-methyl/N-ethyl adjacent to an activating group) is 1. The molecule has 0 aliphatic rings. The lowest BCUT2D eigenvalue weighted by Crippen LogP contribution is -2.37. The van der Waals surface area contributed by atoms with Crippen LogP contribution in [0.5, 0.6) is 0 Å². The molecule has 2 atom stereocenters. The van der Waals surface area contributed by atoms with Gasteiger partial charge in [-0.1, -0.05) is 292 Å². The molecule has 476 valence electrons. The van der Waals surface area contributed by atoms with Gasteiger partial charge in [0, 0.05) is 12.8 Å². The van der Waals surface area contributed by atoms with Gasteiger partial charge in [0.1, 0.15) is 19.8 Å². The van der Waals surface area contributed by atoms with Gasteiger partial charge in [-0.05, 0) is 89.9 Å². The summed E-state index contributed by atoms with van der Waals surface area (Å²) < 4.78 is 34.7. The second-order valence-corrected chi connectivity index (χ2v) is 25.6. The molecule has 0 aliphatic heterocycles. The number of hydrogen-bond donors (Lipinski definition) is 1. The van der Waals surface area contributed by atoms with Crippen LogP contribution in [0.4, 0.5) is 0 Å². The molecule has 0 aromatic heterocycles. The van der Waals surface area contributed by atoms with Crippen LogP contribution in [0, 0.1) is 0 Å². The van der Waals surface area contributed by atoms with Crippen LogP contribution in [0.2, 0.25) is 0 Å². The van der Waals surface area contributed by atoms with Crippen LogP contribution in [-0.4, -0.2) is 74.9 Å². The first-order valence-electron chi connectivity index (χ1n) is 34.3. The third kappa shape index (κ3) is 66.3. The summed E-state index contributed by atoms with van der Waals surface area (Å²) in [4.78, 5) is 35.8. The molecule has 0 aromatic rings. The Morgan fingerprint density at radius 1 is 0.390 bits per heavy atom. The van der Waals surface area contributed by atoms with Gasteiger partial charge in [-0.2, -0.15) is 0 Å². The van der Waals surface area contributed by atoms with E-state index in [0.717, 1.165) is 70.6 Å². The molecule has 10 heteroatoms. The maximum atomic E-state index is 12.9. The summed E-state index contributed by atoms with van der Waals surface area (Å²) in [5, 5.41) is 0. The normalized spacial score (nSPS) is 13.7. The molecule has 0 bridgehead atoms. The van der Waals surface area contributed by atoms with E-state index >= 15 is 0 Å². The highest BCUT2D eigenvalue weighted by molar-refractivity contribution is 7.47. The van der Waals surface area contributed by atoms with Crippen molar-refractivity contribution in [1.82, 2.24) is 0 Å². The number of phosphoric ester groups is 1. The number of esters is 2. The van der Waals surface area contributed by atoms with Crippen molar-refractivity contribution in [3.8, 4) is 0 Å². The summed E-state index contributed by atoms with van der Waals surface area (Å²) in [5.41, 5.74) is 0. The molecule has 0 rings (SSSR count). The number of phosphoric acid groups is 1. The van der Waals surface area contributed by atoms with Crippen molar-refractivity contribution >= 4 is 19.8 Å². The van der Waals surface area contributed by atoms with E-state index in [2.05, 4.69) is 98.9 Å². The SMILES string of the molecule is CC/C=C\C/C=C\C/C=C\C/C=C\C/C=C\C/C=C\CCCCCCCCCCCCCCCCCCCCCCCCC(=O)OC(COC(=O)CCCCCCCCC/C=C\CCCCCCCC)COP(=O)(O)OCC[N+](C)(C)C. The first kappa shape index (κ1) is 79.2. The van der Waals surface area contributed by atoms with Crippen molar-refractivity contribution in [2.45, 2.75) is 315 Å². The van der Waals surface area contributed by atoms with Crippen LogP contribution in [0.15, 0.2) is 85.1 Å². The van der Waals surface area contributed by atoms with E-state index in [1.807, 2.05) is 21.1 Å². The van der Waals surface area contributed by atoms with Crippen LogP contribution in [0.3, 0.4) is 0 Å². The molecular formula is C72H131NO8P+. The molecule has 9 nitrogen and oxygen atoms in total. The highest BCUT2D eigenvalue weighted by Crippen LogP contribution is 2.43. The molecule has 0 heterocycles. The van der Waals surface area contributed by atoms with Gasteiger partial charge < -0.3 is 18.9 Å². The molecule has 1 N–H and O–H groups in total. The number of unbranched alkanes of at least 4 members (excludes halogenated alkanes) is 35. The minimum absolute atomic E-state index is 0.0312. The lowest BCUT2D eigenvalue weighted by molar-refractivity contribution is -0.870. The Kier molecular flexibility index (Phi) is 60.6. The van der Waals surface area contributed by atoms with Crippen LogP contribution in [-0.2, 0) is 32.7 Å². The Morgan fingerprint density at radius 2 is 0.695 bits per heavy atom. The Hall–Kier alpha value is -2.81. The number of rotatable bonds is 63. The van der Waals surface area contributed by atoms with Crippen molar-refractivity contribution in [2.24, 2.45) is 0 Å². The highest BCUT2D eigenvalue weighted by atomic mass is 31.2. The number of quaternary nitrogens is 1. The molecule has 2 unspecified atom stereocenters. The number of carbonyl (C=O) groups is 2. The largest absolute Gasteiger partial charge is 0.472 e. The van der Waals surface area contributed by atoms with Crippen molar-refractivity contribution in [3.63, 3.8) is 0 Å². The number of nitrogens with zero attached hydrogens (tertiary/aromatic N) is 1. The van der Waals surface area contributed by atoms with Crippen molar-refractivity contribution in [2.75, 3.05) is 47.5 Å². The van der Waals surface area contributed by atoms with Gasteiger partial charge in [0.25, 0.3) is 0 Å². The summed E-state index contributed by atoms with van der Waals surface area (Å²) in [5.74, 6) is -0.791. The minimum atomic E-state index is -4.39. The second-order valence-electron chi connectivity index (χ2n) is 24.2. The minimum Gasteiger partial charge on any atom is -0.462 e. The van der Waals surface area contributed by atoms with Gasteiger partial charge in [-0.15, -0.1) is 0 Å². The first-order chi connectivity index (χ1) is 40.0. The lowest BCUT2D eigenvalue weighted by Gasteiger charge is -2.24. The van der Waals surface area contributed by atoms with Gasteiger partial charge in [-0.25, -0.2) is 4.57 Å². The van der Waals surface area contributed by atoms with Crippen LogP contribution >= 0.6 is 7.82 Å². The van der Waals surface area contributed by atoms with E-state index in [9.17, 15) is 19.0 Å². The molecular weight excluding hydrogens is 1040 g/mol. The zero-order chi connectivity index (χ0) is 59.8. The summed E-state index contributed by atoms with van der Waals surface area (Å²) in [6.45, 7) is 4.34. The zero-order valence-electron chi connectivity index (χ0n) is 54.2. The van der Waals surface area contributed by atoms with Crippen molar-refractivity contribution < 1.29 is 42.1 Å². The standard InChI is InChI=1S/C72H130NO8P/c1-6-8-10-12-14-16-18-20-22-24-25-26-27-28-29-30-31-32-33-34-35-36-37-38-39-40-41-42-43-44-45-46-47-49-51-53-55-57-59-61-63-65-72(75)81-70(69-80-82(76,77)79-67-66-73(3,4)5)68-78-71(74)64-62-60-58-56-54-52-50-48-23-21-19-17-15-13-11-9-7-2/h8,10,14,16,20-23,25-26,28-29,31-32,70H,6-7,9,11-13,15,17-19,24,27,30,33-69H2,1-5H3/p+1/b10-8-,16-14-,22-20-,23-21-,26-25-,29-28-,32-31-. The van der Waals surface area contributed by atoms with Gasteiger partial charge in [0.2, 0.25) is 0 Å². The third-order valence-electron chi connectivity index (χ3n) is 14.9. The van der Waals surface area contributed by atoms with Crippen molar-refractivity contribution in [1.29, 1.82) is 0 Å². The zero-order valence-corrected chi connectivity index (χ0v) is 55.1. The van der Waals surface area contributed by atoms with Crippen LogP contribution in [0.25, 0.3) is 0 Å². The second kappa shape index (κ2) is 62.7. The monoisotopic (exact) mass is 1170 g/mol. The number of allylic oxidation sites excluding steroid dienone is 14. The van der Waals surface area contributed by atoms with E-state index < -0.39 is 26.5 Å². The van der Waals surface area contributed by atoms with E-state index in [1.54, 1.807) is 0 Å². The topological polar surface area (TPSA) is 108 Å². The number of ether oxygens (including phenoxy) is 2. The summed E-state index contributed by atoms with van der Waals surface area (Å²) in [7, 11) is 1.48. The van der Waals surface area contributed by atoms with E-state index in [-0.39, 0.29) is 32.0 Å². The maximum Gasteiger partial charge on any atom is 0.472 e. The molecule has 0 spiro atoms.